The fourth-order valence-corrected chi connectivity index (χ4v) is 7.62. The van der Waals surface area contributed by atoms with Gasteiger partial charge in [0.05, 0.1) is 11.8 Å². The number of anilines is 1. The molecule has 6 heteroatoms. The van der Waals surface area contributed by atoms with E-state index in [4.69, 9.17) is 0 Å². The van der Waals surface area contributed by atoms with Crippen molar-refractivity contribution in [3.05, 3.63) is 72.1 Å². The Morgan fingerprint density at radius 1 is 0.833 bits per heavy atom. The summed E-state index contributed by atoms with van der Waals surface area (Å²) in [6.07, 6.45) is 12.9. The molecule has 36 heavy (non-hydrogen) atoms. The number of carbonyl (C=O) groups excluding carboxylic acids is 3. The lowest BCUT2D eigenvalue weighted by Gasteiger charge is -2.37. The maximum atomic E-state index is 13.4. The number of carbonyl (C=O) groups is 3. The number of allylic oxidation sites excluding steroid dienone is 2. The first kappa shape index (κ1) is 22.0. The monoisotopic (exact) mass is 481 g/mol. The summed E-state index contributed by atoms with van der Waals surface area (Å²) in [6, 6.07) is 12.0. The zero-order valence-electron chi connectivity index (χ0n) is 20.3. The van der Waals surface area contributed by atoms with E-state index in [1.54, 1.807) is 17.3 Å². The summed E-state index contributed by atoms with van der Waals surface area (Å²) in [4.78, 5) is 45.4. The predicted octanol–water partition coefficient (Wildman–Crippen LogP) is 4.22. The van der Waals surface area contributed by atoms with Gasteiger partial charge in [-0.1, -0.05) is 24.3 Å². The molecule has 1 aromatic carbocycles. The zero-order chi connectivity index (χ0) is 24.4. The number of likely N-dealkylation sites (tertiary alicyclic amines) is 1. The molecule has 3 saturated carbocycles. The van der Waals surface area contributed by atoms with Gasteiger partial charge in [-0.25, -0.2) is 0 Å². The van der Waals surface area contributed by atoms with Crippen LogP contribution in [0.4, 0.5) is 5.69 Å². The molecule has 2 bridgehead atoms. The lowest BCUT2D eigenvalue weighted by Crippen LogP contribution is -2.44. The third kappa shape index (κ3) is 3.53. The molecule has 184 valence electrons. The Balaban J connectivity index is 0.950. The van der Waals surface area contributed by atoms with Gasteiger partial charge in [0.25, 0.3) is 0 Å². The molecular weight excluding hydrogens is 450 g/mol. The van der Waals surface area contributed by atoms with E-state index in [2.05, 4.69) is 22.5 Å². The number of hydrogen-bond donors (Lipinski definition) is 1. The molecule has 1 aromatic heterocycles. The first-order valence-electron chi connectivity index (χ1n) is 13.4. The summed E-state index contributed by atoms with van der Waals surface area (Å²) in [5, 5.41) is 3.07. The van der Waals surface area contributed by atoms with Crippen LogP contribution in [0, 0.1) is 41.4 Å². The van der Waals surface area contributed by atoms with Crippen molar-refractivity contribution in [1.29, 1.82) is 0 Å². The minimum Gasteiger partial charge on any atom is -0.326 e. The van der Waals surface area contributed by atoms with Crippen LogP contribution in [0.2, 0.25) is 0 Å². The smallest absolute Gasteiger partial charge is 0.233 e. The molecule has 1 saturated heterocycles. The second-order valence-corrected chi connectivity index (χ2v) is 11.4. The number of nitrogens with zero attached hydrogens (tertiary/aromatic N) is 2. The number of pyridine rings is 1. The molecule has 2 aromatic rings. The highest BCUT2D eigenvalue weighted by molar-refractivity contribution is 6.06. The number of hydrogen-bond acceptors (Lipinski definition) is 4. The molecular formula is C30H31N3O3. The molecule has 6 nitrogen and oxygen atoms in total. The van der Waals surface area contributed by atoms with Crippen LogP contribution in [-0.4, -0.2) is 33.6 Å². The highest BCUT2D eigenvalue weighted by atomic mass is 16.2. The van der Waals surface area contributed by atoms with E-state index in [0.717, 1.165) is 24.9 Å². The fraction of sp³-hybridized carbons (Fsp3) is 0.467. The van der Waals surface area contributed by atoms with Gasteiger partial charge in [0.1, 0.15) is 0 Å². The van der Waals surface area contributed by atoms with Crippen LogP contribution in [-0.2, 0) is 20.8 Å². The summed E-state index contributed by atoms with van der Waals surface area (Å²) in [5.74, 6) is 1.61. The highest BCUT2D eigenvalue weighted by Gasteiger charge is 2.67. The van der Waals surface area contributed by atoms with E-state index in [0.29, 0.717) is 24.7 Å². The van der Waals surface area contributed by atoms with Crippen molar-refractivity contribution in [3.63, 3.8) is 0 Å². The SMILES string of the molecule is O=C(Nc1ccc(Cc2ccncc2)cc1)C1CCC(N2C(=O)[C@H]3[C@@H]4C=C[C@H]([C@H]5C[C@H]45)[C@@H]3C2=O)CC1. The quantitative estimate of drug-likeness (QED) is 0.512. The number of amides is 3. The normalized spacial score (nSPS) is 35.9. The molecule has 1 aliphatic heterocycles. The molecule has 3 amide bonds. The van der Waals surface area contributed by atoms with Crippen LogP contribution in [0.25, 0.3) is 0 Å². The predicted molar refractivity (Wildman–Crippen MR) is 134 cm³/mol. The van der Waals surface area contributed by atoms with E-state index in [9.17, 15) is 14.4 Å². The molecule has 4 fully saturated rings. The lowest BCUT2D eigenvalue weighted by atomic mass is 9.63. The van der Waals surface area contributed by atoms with Crippen molar-refractivity contribution in [2.24, 2.45) is 41.4 Å². The van der Waals surface area contributed by atoms with Crippen molar-refractivity contribution >= 4 is 23.4 Å². The Bertz CT molecular complexity index is 1200. The first-order chi connectivity index (χ1) is 17.6. The maximum Gasteiger partial charge on any atom is 0.233 e. The molecule has 5 aliphatic carbocycles. The average molecular weight is 482 g/mol. The topological polar surface area (TPSA) is 79.4 Å². The summed E-state index contributed by atoms with van der Waals surface area (Å²) < 4.78 is 0. The van der Waals surface area contributed by atoms with E-state index in [1.807, 2.05) is 36.4 Å². The second-order valence-electron chi connectivity index (χ2n) is 11.4. The molecule has 0 spiro atoms. The van der Waals surface area contributed by atoms with Gasteiger partial charge in [0.2, 0.25) is 17.7 Å². The summed E-state index contributed by atoms with van der Waals surface area (Å²) in [5.41, 5.74) is 3.19. The number of rotatable bonds is 5. The Morgan fingerprint density at radius 2 is 1.42 bits per heavy atom. The lowest BCUT2D eigenvalue weighted by molar-refractivity contribution is -0.144. The van der Waals surface area contributed by atoms with Gasteiger partial charge in [0, 0.05) is 30.0 Å². The zero-order valence-corrected chi connectivity index (χ0v) is 20.3. The van der Waals surface area contributed by atoms with E-state index < -0.39 is 0 Å². The molecule has 6 aliphatic rings. The van der Waals surface area contributed by atoms with Crippen molar-refractivity contribution in [1.82, 2.24) is 9.88 Å². The minimum atomic E-state index is -0.126. The number of imide groups is 1. The van der Waals surface area contributed by atoms with E-state index in [1.165, 1.54) is 17.5 Å². The molecule has 2 heterocycles. The minimum absolute atomic E-state index is 0.0328. The largest absolute Gasteiger partial charge is 0.326 e. The van der Waals surface area contributed by atoms with Crippen LogP contribution in [0.3, 0.4) is 0 Å². The van der Waals surface area contributed by atoms with Crippen LogP contribution in [0.15, 0.2) is 60.9 Å². The van der Waals surface area contributed by atoms with Crippen molar-refractivity contribution in [2.45, 2.75) is 44.6 Å². The number of nitrogens with one attached hydrogen (secondary N) is 1. The Hall–Kier alpha value is -3.28. The van der Waals surface area contributed by atoms with Crippen molar-refractivity contribution in [3.8, 4) is 0 Å². The Kier molecular flexibility index (Phi) is 5.12. The first-order valence-corrected chi connectivity index (χ1v) is 13.4. The van der Waals surface area contributed by atoms with Crippen LogP contribution in [0.5, 0.6) is 0 Å². The molecule has 0 radical (unpaired) electrons. The van der Waals surface area contributed by atoms with E-state index in [-0.39, 0.29) is 53.4 Å². The number of benzene rings is 1. The molecule has 1 N–H and O–H groups in total. The summed E-state index contributed by atoms with van der Waals surface area (Å²) in [6.45, 7) is 0. The van der Waals surface area contributed by atoms with Crippen LogP contribution < -0.4 is 5.32 Å². The van der Waals surface area contributed by atoms with Gasteiger partial charge >= 0.3 is 0 Å². The summed E-state index contributed by atoms with van der Waals surface area (Å²) in [7, 11) is 0. The average Bonchev–Trinajstić information content (AvgIpc) is 3.69. The molecule has 0 unspecified atom stereocenters. The third-order valence-electron chi connectivity index (χ3n) is 9.51. The second kappa shape index (κ2) is 8.39. The van der Waals surface area contributed by atoms with E-state index >= 15 is 0 Å². The molecule has 8 rings (SSSR count). The van der Waals surface area contributed by atoms with Gasteiger partial charge in [-0.3, -0.25) is 24.3 Å². The third-order valence-corrected chi connectivity index (χ3v) is 9.51. The summed E-state index contributed by atoms with van der Waals surface area (Å²) >= 11 is 0. The van der Waals surface area contributed by atoms with Crippen molar-refractivity contribution in [2.75, 3.05) is 5.32 Å². The Morgan fingerprint density at radius 3 is 2.03 bits per heavy atom. The maximum absolute atomic E-state index is 13.4. The Labute approximate surface area is 211 Å². The molecule has 6 atom stereocenters. The van der Waals surface area contributed by atoms with Crippen molar-refractivity contribution < 1.29 is 14.4 Å². The van der Waals surface area contributed by atoms with Gasteiger partial charge < -0.3 is 5.32 Å². The van der Waals surface area contributed by atoms with Crippen LogP contribution >= 0.6 is 0 Å². The fourth-order valence-electron chi connectivity index (χ4n) is 7.62. The number of aromatic nitrogens is 1. The van der Waals surface area contributed by atoms with Gasteiger partial charge in [-0.05, 0) is 97.6 Å². The van der Waals surface area contributed by atoms with Gasteiger partial charge in [-0.2, -0.15) is 0 Å². The van der Waals surface area contributed by atoms with Crippen LogP contribution in [0.1, 0.15) is 43.2 Å². The van der Waals surface area contributed by atoms with Gasteiger partial charge in [-0.15, -0.1) is 0 Å². The highest BCUT2D eigenvalue weighted by Crippen LogP contribution is 2.65. The van der Waals surface area contributed by atoms with Gasteiger partial charge in [0.15, 0.2) is 0 Å². The standard InChI is InChI=1S/C30H31N3O3/c34-28(32-20-5-1-17(2-6-20)15-18-11-13-31-14-12-18)19-3-7-21(8-4-19)33-29(35)26-22-9-10-23(25-16-24(22)25)27(26)30(33)36/h1-2,5-6,9-14,19,21-27H,3-4,7-8,15-16H2,(H,32,34)/t19?,21?,22-,23-,24-,25-,26+,27+/m1/s1.